The summed E-state index contributed by atoms with van der Waals surface area (Å²) in [6.45, 7) is 9.51. The van der Waals surface area contributed by atoms with Crippen molar-refractivity contribution in [1.82, 2.24) is 9.55 Å². The zero-order valence-corrected chi connectivity index (χ0v) is 12.3. The van der Waals surface area contributed by atoms with Gasteiger partial charge in [-0.25, -0.2) is 4.98 Å². The maximum atomic E-state index is 6.31. The van der Waals surface area contributed by atoms with Crippen molar-refractivity contribution in [2.45, 2.75) is 46.1 Å². The average Bonchev–Trinajstić information content (AvgIpc) is 2.69. The van der Waals surface area contributed by atoms with Gasteiger partial charge >= 0.3 is 0 Å². The molecule has 0 aliphatic rings. The first kappa shape index (κ1) is 13.7. The monoisotopic (exact) mass is 257 g/mol. The Morgan fingerprint density at radius 3 is 2.32 bits per heavy atom. The molecule has 0 amide bonds. The Hall–Kier alpha value is -1.77. The van der Waals surface area contributed by atoms with Crippen molar-refractivity contribution in [3.8, 4) is 11.4 Å². The molecule has 0 spiro atoms. The Labute approximate surface area is 115 Å². The second-order valence-corrected chi connectivity index (χ2v) is 5.94. The Morgan fingerprint density at radius 2 is 1.79 bits per heavy atom. The smallest absolute Gasteiger partial charge is 0.141 e. The standard InChI is InChI=1S/C16H23N3/c1-5-11-19-14(17)13(16(2,3)4)18-15(19)12-9-7-6-8-10-12/h6-10H,5,11,17H2,1-4H3. The lowest BCUT2D eigenvalue weighted by Gasteiger charge is -2.16. The topological polar surface area (TPSA) is 43.8 Å². The lowest BCUT2D eigenvalue weighted by Crippen LogP contribution is -2.15. The fourth-order valence-corrected chi connectivity index (χ4v) is 2.27. The molecule has 2 N–H and O–H groups in total. The van der Waals surface area contributed by atoms with Crippen LogP contribution in [0.25, 0.3) is 11.4 Å². The third-order valence-electron chi connectivity index (χ3n) is 3.20. The summed E-state index contributed by atoms with van der Waals surface area (Å²) in [5.74, 6) is 1.78. The van der Waals surface area contributed by atoms with Crippen LogP contribution < -0.4 is 5.73 Å². The van der Waals surface area contributed by atoms with Crippen molar-refractivity contribution < 1.29 is 0 Å². The molecule has 3 heteroatoms. The molecule has 0 bridgehead atoms. The third kappa shape index (κ3) is 2.65. The second-order valence-electron chi connectivity index (χ2n) is 5.94. The van der Waals surface area contributed by atoms with E-state index in [2.05, 4.69) is 44.4 Å². The highest BCUT2D eigenvalue weighted by Crippen LogP contribution is 2.32. The van der Waals surface area contributed by atoms with Gasteiger partial charge in [0.2, 0.25) is 0 Å². The van der Waals surface area contributed by atoms with E-state index in [1.807, 2.05) is 18.2 Å². The van der Waals surface area contributed by atoms with E-state index < -0.39 is 0 Å². The van der Waals surface area contributed by atoms with Crippen molar-refractivity contribution >= 4 is 5.82 Å². The number of aromatic nitrogens is 2. The molecule has 3 nitrogen and oxygen atoms in total. The van der Waals surface area contributed by atoms with Crippen LogP contribution in [-0.4, -0.2) is 9.55 Å². The van der Waals surface area contributed by atoms with Crippen molar-refractivity contribution in [2.75, 3.05) is 5.73 Å². The van der Waals surface area contributed by atoms with Crippen molar-refractivity contribution in [3.63, 3.8) is 0 Å². The predicted octanol–water partition coefficient (Wildman–Crippen LogP) is 3.84. The molecule has 1 aromatic heterocycles. The molecular formula is C16H23N3. The van der Waals surface area contributed by atoms with Gasteiger partial charge in [-0.1, -0.05) is 58.0 Å². The van der Waals surface area contributed by atoms with Crippen molar-refractivity contribution in [2.24, 2.45) is 0 Å². The molecule has 19 heavy (non-hydrogen) atoms. The highest BCUT2D eigenvalue weighted by atomic mass is 15.1. The summed E-state index contributed by atoms with van der Waals surface area (Å²) in [5, 5.41) is 0. The number of hydrogen-bond donors (Lipinski definition) is 1. The number of benzene rings is 1. The van der Waals surface area contributed by atoms with E-state index in [9.17, 15) is 0 Å². The number of nitrogens with zero attached hydrogens (tertiary/aromatic N) is 2. The summed E-state index contributed by atoms with van der Waals surface area (Å²) < 4.78 is 2.13. The number of imidazole rings is 1. The first-order valence-electron chi connectivity index (χ1n) is 6.87. The number of anilines is 1. The maximum absolute atomic E-state index is 6.31. The summed E-state index contributed by atoms with van der Waals surface area (Å²) in [7, 11) is 0. The molecule has 2 aromatic rings. The molecule has 0 fully saturated rings. The SMILES string of the molecule is CCCn1c(-c2ccccc2)nc(C(C)(C)C)c1N. The lowest BCUT2D eigenvalue weighted by atomic mass is 9.92. The Morgan fingerprint density at radius 1 is 1.16 bits per heavy atom. The van der Waals surface area contributed by atoms with Gasteiger partial charge in [0, 0.05) is 17.5 Å². The normalized spacial score (nSPS) is 11.8. The van der Waals surface area contributed by atoms with E-state index in [1.165, 1.54) is 0 Å². The van der Waals surface area contributed by atoms with Gasteiger partial charge in [0.05, 0.1) is 5.69 Å². The first-order chi connectivity index (χ1) is 8.95. The minimum Gasteiger partial charge on any atom is -0.384 e. The summed E-state index contributed by atoms with van der Waals surface area (Å²) in [5.41, 5.74) is 8.39. The molecule has 0 saturated carbocycles. The second kappa shape index (κ2) is 5.08. The molecule has 102 valence electrons. The van der Waals surface area contributed by atoms with E-state index >= 15 is 0 Å². The minimum atomic E-state index is -0.0351. The summed E-state index contributed by atoms with van der Waals surface area (Å²) in [4.78, 5) is 4.81. The third-order valence-corrected chi connectivity index (χ3v) is 3.20. The van der Waals surface area contributed by atoms with Crippen LogP contribution in [0.15, 0.2) is 30.3 Å². The highest BCUT2D eigenvalue weighted by Gasteiger charge is 2.24. The molecule has 2 rings (SSSR count). The summed E-state index contributed by atoms with van der Waals surface area (Å²) >= 11 is 0. The predicted molar refractivity (Wildman–Crippen MR) is 81.1 cm³/mol. The van der Waals surface area contributed by atoms with E-state index in [-0.39, 0.29) is 5.41 Å². The summed E-state index contributed by atoms with van der Waals surface area (Å²) in [6.07, 6.45) is 1.05. The van der Waals surface area contributed by atoms with Gasteiger partial charge in [-0.2, -0.15) is 0 Å². The molecule has 0 aliphatic heterocycles. The molecule has 0 radical (unpaired) electrons. The van der Waals surface area contributed by atoms with Crippen molar-refractivity contribution in [3.05, 3.63) is 36.0 Å². The Kier molecular flexibility index (Phi) is 3.65. The van der Waals surface area contributed by atoms with Crippen LogP contribution >= 0.6 is 0 Å². The molecule has 0 atom stereocenters. The van der Waals surface area contributed by atoms with Crippen LogP contribution in [0.3, 0.4) is 0 Å². The fourth-order valence-electron chi connectivity index (χ4n) is 2.27. The van der Waals surface area contributed by atoms with Crippen LogP contribution in [0, 0.1) is 0 Å². The molecule has 1 heterocycles. The van der Waals surface area contributed by atoms with Gasteiger partial charge in [-0.15, -0.1) is 0 Å². The maximum Gasteiger partial charge on any atom is 0.141 e. The van der Waals surface area contributed by atoms with Crippen LogP contribution in [0.1, 0.15) is 39.8 Å². The quantitative estimate of drug-likeness (QED) is 0.908. The number of nitrogens with two attached hydrogens (primary N) is 1. The molecule has 0 unspecified atom stereocenters. The molecular weight excluding hydrogens is 234 g/mol. The van der Waals surface area contributed by atoms with Gasteiger partial charge in [-0.3, -0.25) is 0 Å². The van der Waals surface area contributed by atoms with E-state index in [0.717, 1.165) is 35.9 Å². The Bertz CT molecular complexity index is 547. The lowest BCUT2D eigenvalue weighted by molar-refractivity contribution is 0.573. The van der Waals surface area contributed by atoms with E-state index in [0.29, 0.717) is 0 Å². The zero-order chi connectivity index (χ0) is 14.0. The van der Waals surface area contributed by atoms with Gasteiger partial charge in [0.15, 0.2) is 0 Å². The van der Waals surface area contributed by atoms with Crippen molar-refractivity contribution in [1.29, 1.82) is 0 Å². The molecule has 0 aliphatic carbocycles. The van der Waals surface area contributed by atoms with E-state index in [1.54, 1.807) is 0 Å². The molecule has 1 aromatic carbocycles. The number of rotatable bonds is 3. The van der Waals surface area contributed by atoms with Gasteiger partial charge in [0.1, 0.15) is 11.6 Å². The average molecular weight is 257 g/mol. The van der Waals surface area contributed by atoms with Crippen LogP contribution in [-0.2, 0) is 12.0 Å². The van der Waals surface area contributed by atoms with E-state index in [4.69, 9.17) is 10.7 Å². The highest BCUT2D eigenvalue weighted by molar-refractivity contribution is 5.61. The van der Waals surface area contributed by atoms with Gasteiger partial charge in [0.25, 0.3) is 0 Å². The Balaban J connectivity index is 2.60. The number of nitrogen functional groups attached to an aromatic ring is 1. The molecule has 0 saturated heterocycles. The van der Waals surface area contributed by atoms with Crippen LogP contribution in [0.5, 0.6) is 0 Å². The van der Waals surface area contributed by atoms with Crippen LogP contribution in [0.2, 0.25) is 0 Å². The number of hydrogen-bond acceptors (Lipinski definition) is 2. The van der Waals surface area contributed by atoms with Gasteiger partial charge < -0.3 is 10.3 Å². The zero-order valence-electron chi connectivity index (χ0n) is 12.3. The largest absolute Gasteiger partial charge is 0.384 e. The summed E-state index contributed by atoms with van der Waals surface area (Å²) in [6, 6.07) is 10.3. The fraction of sp³-hybridized carbons (Fsp3) is 0.438. The minimum absolute atomic E-state index is 0.0351. The van der Waals surface area contributed by atoms with Gasteiger partial charge in [-0.05, 0) is 6.42 Å². The first-order valence-corrected chi connectivity index (χ1v) is 6.87. The van der Waals surface area contributed by atoms with Crippen LogP contribution in [0.4, 0.5) is 5.82 Å².